The molecule has 0 N–H and O–H groups in total. The summed E-state index contributed by atoms with van der Waals surface area (Å²) in [6, 6.07) is 0. The topological polar surface area (TPSA) is 194 Å². The lowest BCUT2D eigenvalue weighted by atomic mass is 10.0. The molecule has 0 saturated heterocycles. The van der Waals surface area contributed by atoms with Gasteiger partial charge in [-0.2, -0.15) is 0 Å². The van der Waals surface area contributed by atoms with Gasteiger partial charge in [0.15, 0.2) is 0 Å². The second-order valence-corrected chi connectivity index (χ2v) is 23.8. The molecule has 0 aromatic rings. The molecule has 572 valence electrons. The molecule has 0 bridgehead atoms. The van der Waals surface area contributed by atoms with E-state index >= 15 is 0 Å². The van der Waals surface area contributed by atoms with Crippen LogP contribution in [0.2, 0.25) is 0 Å². The van der Waals surface area contributed by atoms with Gasteiger partial charge in [0.25, 0.3) is 0 Å². The normalized spacial score (nSPS) is 11.8. The molecule has 0 heterocycles. The molecule has 0 aromatic carbocycles. The molecule has 0 aliphatic heterocycles. The lowest BCUT2D eigenvalue weighted by Crippen LogP contribution is -2.16. The molecule has 0 aliphatic rings. The minimum atomic E-state index is 0.494. The summed E-state index contributed by atoms with van der Waals surface area (Å²) in [5.74, 6) is 0. The van der Waals surface area contributed by atoms with Crippen molar-refractivity contribution in [3.63, 3.8) is 0 Å². The van der Waals surface area contributed by atoms with Crippen LogP contribution in [-0.4, -0.2) is 277 Å². The Kier molecular flexibility index (Phi) is 92.3. The molecule has 95 heavy (non-hydrogen) atoms. The third kappa shape index (κ3) is 93.2. The van der Waals surface area contributed by atoms with E-state index in [1.54, 1.807) is 0 Å². The molecule has 0 aromatic heterocycles. The average Bonchev–Trinajstić information content (AvgIpc) is 3.59. The maximum Gasteiger partial charge on any atom is 0.0701 e. The van der Waals surface area contributed by atoms with Gasteiger partial charge in [0.05, 0.1) is 264 Å². The predicted molar refractivity (Wildman–Crippen MR) is 377 cm³/mol. The first-order valence-electron chi connectivity index (χ1n) is 38.5. The minimum absolute atomic E-state index is 0.494. The zero-order chi connectivity index (χ0) is 67.8. The quantitative estimate of drug-likeness (QED) is 0.0521. The van der Waals surface area contributed by atoms with Crippen LogP contribution in [0.25, 0.3) is 0 Å². The maximum atomic E-state index is 5.72. The number of hydrogen-bond acceptors (Lipinski definition) is 21. The van der Waals surface area contributed by atoms with Crippen LogP contribution in [0.1, 0.15) is 206 Å². The van der Waals surface area contributed by atoms with Crippen molar-refractivity contribution in [1.82, 2.24) is 0 Å². The zero-order valence-corrected chi connectivity index (χ0v) is 61.5. The van der Waals surface area contributed by atoms with Crippen molar-refractivity contribution < 1.29 is 99.5 Å². The summed E-state index contributed by atoms with van der Waals surface area (Å²) in [4.78, 5) is 0. The van der Waals surface area contributed by atoms with Gasteiger partial charge in [0.1, 0.15) is 0 Å². The fourth-order valence-electron chi connectivity index (χ4n) is 9.65. The Labute approximate surface area is 581 Å². The Morgan fingerprint density at radius 3 is 0.253 bits per heavy atom. The number of unbranched alkanes of at least 4 members (excludes halogenated alkanes) is 28. The van der Waals surface area contributed by atoms with Crippen LogP contribution < -0.4 is 0 Å². The van der Waals surface area contributed by atoms with Gasteiger partial charge in [0, 0.05) is 13.2 Å². The summed E-state index contributed by atoms with van der Waals surface area (Å²) in [6.45, 7) is 27.1. The highest BCUT2D eigenvalue weighted by Gasteiger charge is 2.02. The van der Waals surface area contributed by atoms with Crippen molar-refractivity contribution in [2.45, 2.75) is 206 Å². The summed E-state index contributed by atoms with van der Waals surface area (Å²) in [7, 11) is 0. The maximum absolute atomic E-state index is 5.72. The molecule has 0 aliphatic carbocycles. The molecule has 0 spiro atoms. The zero-order valence-electron chi connectivity index (χ0n) is 61.5. The summed E-state index contributed by atoms with van der Waals surface area (Å²) in [5.41, 5.74) is 0. The van der Waals surface area contributed by atoms with Crippen molar-refractivity contribution in [3.05, 3.63) is 0 Å². The van der Waals surface area contributed by atoms with Crippen LogP contribution >= 0.6 is 0 Å². The number of rotatable bonds is 92. The average molecular weight is 1380 g/mol. The highest BCUT2D eigenvalue weighted by molar-refractivity contribution is 4.53. The third-order valence-electron chi connectivity index (χ3n) is 15.2. The van der Waals surface area contributed by atoms with Gasteiger partial charge in [0.2, 0.25) is 0 Å². The Morgan fingerprint density at radius 2 is 0.158 bits per heavy atom. The molecule has 21 heteroatoms. The van der Waals surface area contributed by atoms with E-state index in [1.807, 2.05) is 0 Å². The van der Waals surface area contributed by atoms with Crippen molar-refractivity contribution in [1.29, 1.82) is 0 Å². The first kappa shape index (κ1) is 94.2. The van der Waals surface area contributed by atoms with Gasteiger partial charge in [-0.3, -0.25) is 0 Å². The van der Waals surface area contributed by atoms with Crippen LogP contribution in [-0.2, 0) is 99.5 Å². The molecule has 0 amide bonds. The molecule has 21 nitrogen and oxygen atoms in total. The van der Waals surface area contributed by atoms with Crippen LogP contribution in [0, 0.1) is 0 Å². The first-order valence-corrected chi connectivity index (χ1v) is 38.5. The predicted octanol–water partition coefficient (Wildman–Crippen LogP) is 13.1. The highest BCUT2D eigenvalue weighted by Crippen LogP contribution is 2.15. The van der Waals surface area contributed by atoms with Crippen LogP contribution in [0.15, 0.2) is 0 Å². The van der Waals surface area contributed by atoms with E-state index in [4.69, 9.17) is 99.5 Å². The van der Waals surface area contributed by atoms with E-state index in [0.29, 0.717) is 264 Å². The molecule has 0 saturated carbocycles. The largest absolute Gasteiger partial charge is 0.379 e. The lowest BCUT2D eigenvalue weighted by molar-refractivity contribution is -0.0316. The Bertz CT molecular complexity index is 1200. The smallest absolute Gasteiger partial charge is 0.0701 e. The Morgan fingerprint density at radius 1 is 0.0842 bits per heavy atom. The van der Waals surface area contributed by atoms with Gasteiger partial charge in [-0.15, -0.1) is 0 Å². The van der Waals surface area contributed by atoms with Gasteiger partial charge >= 0.3 is 0 Å². The Balaban J connectivity index is 3.09. The number of hydrogen-bond donors (Lipinski definition) is 0. The van der Waals surface area contributed by atoms with Crippen LogP contribution in [0.5, 0.6) is 0 Å². The molecule has 0 atom stereocenters. The highest BCUT2D eigenvalue weighted by atomic mass is 16.6. The summed E-state index contributed by atoms with van der Waals surface area (Å²) in [6.07, 6.45) is 41.3. The summed E-state index contributed by atoms with van der Waals surface area (Å²) >= 11 is 0. The molecular weight excluding hydrogens is 1220 g/mol. The van der Waals surface area contributed by atoms with Crippen molar-refractivity contribution in [2.75, 3.05) is 277 Å². The summed E-state index contributed by atoms with van der Waals surface area (Å²) < 4.78 is 117. The Hall–Kier alpha value is -0.840. The standard InChI is InChI=1S/C74H150O21/c1-3-5-7-9-11-13-15-17-19-20-22-24-26-28-30-32-34-76-36-38-78-40-42-80-44-46-82-48-50-84-52-54-86-56-58-88-60-62-90-64-66-92-68-70-94-72-74-95-73-71-93-69-67-91-65-63-89-61-59-87-57-55-85-53-51-83-49-47-81-45-43-79-41-39-77-37-35-75-33-31-29-27-25-23-21-18-16-14-12-10-8-6-4-2/h3-74H2,1-2H3. The second-order valence-electron chi connectivity index (χ2n) is 23.8. The van der Waals surface area contributed by atoms with E-state index in [9.17, 15) is 0 Å². The van der Waals surface area contributed by atoms with E-state index in [1.165, 1.54) is 180 Å². The SMILES string of the molecule is CCCCCCCCCCCCCCCCCCOCCOCCOCCOCCOCCOCCOCCOCCOCCOCCOCCOCCOCCOCCOCCOCCOCCOCCOCCOCCOCCCCCCCCCCCCCCCC. The molecule has 0 radical (unpaired) electrons. The number of ether oxygens (including phenoxy) is 21. The minimum Gasteiger partial charge on any atom is -0.379 e. The van der Waals surface area contributed by atoms with Gasteiger partial charge in [-0.05, 0) is 12.8 Å². The van der Waals surface area contributed by atoms with E-state index in [0.717, 1.165) is 26.1 Å². The van der Waals surface area contributed by atoms with Gasteiger partial charge < -0.3 is 99.5 Å². The third-order valence-corrected chi connectivity index (χ3v) is 15.2. The van der Waals surface area contributed by atoms with Crippen molar-refractivity contribution >= 4 is 0 Å². The molecule has 0 fully saturated rings. The lowest BCUT2D eigenvalue weighted by Gasteiger charge is -2.09. The fraction of sp³-hybridized carbons (Fsp3) is 1.00. The van der Waals surface area contributed by atoms with Crippen LogP contribution in [0.3, 0.4) is 0 Å². The van der Waals surface area contributed by atoms with Crippen molar-refractivity contribution in [2.24, 2.45) is 0 Å². The first-order chi connectivity index (χ1) is 47.4. The van der Waals surface area contributed by atoms with E-state index in [2.05, 4.69) is 13.8 Å². The molecule has 0 rings (SSSR count). The van der Waals surface area contributed by atoms with Gasteiger partial charge in [-0.25, -0.2) is 0 Å². The van der Waals surface area contributed by atoms with Crippen molar-refractivity contribution in [3.8, 4) is 0 Å². The molecular formula is C74H150O21. The molecule has 0 unspecified atom stereocenters. The van der Waals surface area contributed by atoms with E-state index in [-0.39, 0.29) is 0 Å². The fourth-order valence-corrected chi connectivity index (χ4v) is 9.65. The van der Waals surface area contributed by atoms with E-state index < -0.39 is 0 Å². The monoisotopic (exact) mass is 1380 g/mol. The summed E-state index contributed by atoms with van der Waals surface area (Å²) in [5, 5.41) is 0. The van der Waals surface area contributed by atoms with Crippen LogP contribution in [0.4, 0.5) is 0 Å². The van der Waals surface area contributed by atoms with Gasteiger partial charge in [-0.1, -0.05) is 194 Å². The second kappa shape index (κ2) is 93.2.